The quantitative estimate of drug-likeness (QED) is 0.0255. The van der Waals surface area contributed by atoms with Crippen LogP contribution in [0.2, 0.25) is 0 Å². The lowest BCUT2D eigenvalue weighted by molar-refractivity contribution is 0.133. The molecule has 0 spiro atoms. The molecule has 0 rings (SSSR count). The summed E-state index contributed by atoms with van der Waals surface area (Å²) in [5.74, 6) is 0. The zero-order valence-electron chi connectivity index (χ0n) is 55.9. The molecule has 0 aromatic carbocycles. The molecule has 12 heteroatoms. The van der Waals surface area contributed by atoms with Gasteiger partial charge in [0.2, 0.25) is 0 Å². The Hall–Kier alpha value is -0.480. The largest absolute Gasteiger partial charge is 0.396 e. The van der Waals surface area contributed by atoms with Crippen LogP contribution in [-0.4, -0.2) is 141 Å². The van der Waals surface area contributed by atoms with Crippen molar-refractivity contribution in [3.05, 3.63) is 0 Å². The van der Waals surface area contributed by atoms with Gasteiger partial charge in [0.1, 0.15) is 0 Å². The highest BCUT2D eigenvalue weighted by molar-refractivity contribution is 4.85. The smallest absolute Gasteiger partial charge is 0.0431 e. The summed E-state index contributed by atoms with van der Waals surface area (Å²) in [7, 11) is 0. The van der Waals surface area contributed by atoms with Gasteiger partial charge in [-0.05, 0) is 233 Å². The molecule has 0 unspecified atom stereocenters. The molecule has 85 heavy (non-hydrogen) atoms. The van der Waals surface area contributed by atoms with E-state index in [-0.39, 0.29) is 101 Å². The summed E-state index contributed by atoms with van der Waals surface area (Å²) in [4.78, 5) is 0. The SMILES string of the molecule is OCCCC(CCCO)(CCCO)CCCCCCCCC(CCCCCCCCC(CCCO)(CCCO)CCCO)(CCCCCCCCC(CCCO)(CCCO)CCCO)CCCCCCCCC(CCCO)(CCCO)CCCO. The highest BCUT2D eigenvalue weighted by Crippen LogP contribution is 2.46. The second-order valence-corrected chi connectivity index (χ2v) is 27.9. The van der Waals surface area contributed by atoms with Gasteiger partial charge in [0.15, 0.2) is 0 Å². The number of aliphatic hydroxyl groups is 12. The Morgan fingerprint density at radius 1 is 0.0941 bits per heavy atom. The summed E-state index contributed by atoms with van der Waals surface area (Å²) in [5.41, 5.74) is 0.757. The molecule has 0 saturated heterocycles. The van der Waals surface area contributed by atoms with Crippen molar-refractivity contribution in [2.24, 2.45) is 27.1 Å². The minimum Gasteiger partial charge on any atom is -0.396 e. The molecule has 0 fully saturated rings. The Kier molecular flexibility index (Phi) is 59.5. The maximum Gasteiger partial charge on any atom is 0.0431 e. The summed E-state index contributed by atoms with van der Waals surface area (Å²) >= 11 is 0. The van der Waals surface area contributed by atoms with E-state index in [0.717, 1.165) is 180 Å². The van der Waals surface area contributed by atoms with E-state index < -0.39 is 0 Å². The van der Waals surface area contributed by atoms with Crippen molar-refractivity contribution < 1.29 is 61.3 Å². The van der Waals surface area contributed by atoms with Crippen molar-refractivity contribution in [1.82, 2.24) is 0 Å². The van der Waals surface area contributed by atoms with Gasteiger partial charge in [0.25, 0.3) is 0 Å². The molecule has 0 bridgehead atoms. The average molecular weight is 1220 g/mol. The van der Waals surface area contributed by atoms with Gasteiger partial charge in [-0.3, -0.25) is 0 Å². The maximum absolute atomic E-state index is 9.73. The molecular weight excluding hydrogens is 1070 g/mol. The van der Waals surface area contributed by atoms with E-state index in [0.29, 0.717) is 5.41 Å². The predicted octanol–water partition coefficient (Wildman–Crippen LogP) is 15.7. The van der Waals surface area contributed by atoms with Crippen LogP contribution in [-0.2, 0) is 0 Å². The lowest BCUT2D eigenvalue weighted by Gasteiger charge is -2.35. The molecule has 12 N–H and O–H groups in total. The first-order chi connectivity index (χ1) is 41.6. The van der Waals surface area contributed by atoms with Crippen LogP contribution < -0.4 is 0 Å². The molecule has 0 heterocycles. The molecular formula is C73H148O12. The van der Waals surface area contributed by atoms with E-state index >= 15 is 0 Å². The van der Waals surface area contributed by atoms with E-state index in [1.54, 1.807) is 0 Å². The molecule has 0 aromatic heterocycles. The fourth-order valence-electron chi connectivity index (χ4n) is 16.0. The van der Waals surface area contributed by atoms with Gasteiger partial charge in [-0.2, -0.15) is 0 Å². The van der Waals surface area contributed by atoms with Crippen LogP contribution in [0, 0.1) is 27.1 Å². The Morgan fingerprint density at radius 2 is 0.165 bits per heavy atom. The average Bonchev–Trinajstić information content (AvgIpc) is 3.70. The van der Waals surface area contributed by atoms with Crippen LogP contribution in [0.4, 0.5) is 0 Å². The fraction of sp³-hybridized carbons (Fsp3) is 1.00. The predicted molar refractivity (Wildman–Crippen MR) is 356 cm³/mol. The Bertz CT molecular complexity index is 1050. The van der Waals surface area contributed by atoms with Crippen LogP contribution in [0.25, 0.3) is 0 Å². The van der Waals surface area contributed by atoms with Gasteiger partial charge in [0.05, 0.1) is 0 Å². The number of aliphatic hydroxyl groups excluding tert-OH is 12. The maximum atomic E-state index is 9.73. The summed E-state index contributed by atoms with van der Waals surface area (Å²) in [5, 5.41) is 117. The number of unbranched alkanes of at least 4 members (excludes halogenated alkanes) is 20. The third kappa shape index (κ3) is 44.6. The van der Waals surface area contributed by atoms with E-state index in [2.05, 4.69) is 0 Å². The molecule has 12 nitrogen and oxygen atoms in total. The first kappa shape index (κ1) is 84.5. The zero-order chi connectivity index (χ0) is 62.6. The van der Waals surface area contributed by atoms with Crippen LogP contribution in [0.15, 0.2) is 0 Å². The molecule has 0 amide bonds. The van der Waals surface area contributed by atoms with Crippen LogP contribution >= 0.6 is 0 Å². The summed E-state index contributed by atoms with van der Waals surface area (Å²) in [6, 6.07) is 0. The molecule has 0 aliphatic heterocycles. The van der Waals surface area contributed by atoms with Gasteiger partial charge < -0.3 is 61.3 Å². The second kappa shape index (κ2) is 59.8. The van der Waals surface area contributed by atoms with Crippen molar-refractivity contribution in [3.63, 3.8) is 0 Å². The monoisotopic (exact) mass is 1220 g/mol. The van der Waals surface area contributed by atoms with Gasteiger partial charge in [0, 0.05) is 79.3 Å². The number of hydrogen-bond donors (Lipinski definition) is 12. The molecule has 0 aromatic rings. The van der Waals surface area contributed by atoms with Gasteiger partial charge in [-0.1, -0.05) is 154 Å². The van der Waals surface area contributed by atoms with Crippen LogP contribution in [0.1, 0.15) is 360 Å². The summed E-state index contributed by atoms with van der Waals surface area (Å²) in [6.07, 6.45) is 60.4. The van der Waals surface area contributed by atoms with Gasteiger partial charge in [-0.15, -0.1) is 0 Å². The zero-order valence-corrected chi connectivity index (χ0v) is 55.9. The Labute approximate surface area is 525 Å². The molecule has 0 aliphatic rings. The molecule has 0 atom stereocenters. The minimum absolute atomic E-state index is 0.100. The highest BCUT2D eigenvalue weighted by Gasteiger charge is 2.33. The van der Waals surface area contributed by atoms with Crippen LogP contribution in [0.3, 0.4) is 0 Å². The molecule has 0 aliphatic carbocycles. The molecule has 512 valence electrons. The summed E-state index contributed by atoms with van der Waals surface area (Å²) < 4.78 is 0. The van der Waals surface area contributed by atoms with Crippen LogP contribution in [0.5, 0.6) is 0 Å². The van der Waals surface area contributed by atoms with Crippen molar-refractivity contribution in [3.8, 4) is 0 Å². The van der Waals surface area contributed by atoms with E-state index in [1.807, 2.05) is 0 Å². The first-order valence-corrected chi connectivity index (χ1v) is 36.9. The standard InChI is InChI=1S/C73H148O12/c74-57-25-45-70(46-26-58-75,47-27-59-76)41-21-13-5-1-9-17-37-69(38-18-10-2-6-14-22-42-71(48-28-60-77,49-29-61-78)50-30-62-79,39-19-11-3-7-15-23-43-72(51-31-63-80,52-32-64-81)53-33-65-82)40-20-12-4-8-16-24-44-73(54-34-66-83,55-35-67-84)56-36-68-85/h74-85H,1-68H2. The fourth-order valence-corrected chi connectivity index (χ4v) is 16.0. The normalized spacial score (nSPS) is 12.8. The summed E-state index contributed by atoms with van der Waals surface area (Å²) in [6.45, 7) is 2.32. The Balaban J connectivity index is 6.26. The second-order valence-electron chi connectivity index (χ2n) is 27.9. The van der Waals surface area contributed by atoms with Crippen molar-refractivity contribution in [2.75, 3.05) is 79.3 Å². The lowest BCUT2D eigenvalue weighted by atomic mass is 9.70. The van der Waals surface area contributed by atoms with Gasteiger partial charge in [-0.25, -0.2) is 0 Å². The highest BCUT2D eigenvalue weighted by atomic mass is 16.3. The third-order valence-electron chi connectivity index (χ3n) is 21.0. The van der Waals surface area contributed by atoms with E-state index in [4.69, 9.17) is 0 Å². The van der Waals surface area contributed by atoms with E-state index in [9.17, 15) is 61.3 Å². The minimum atomic E-state index is 0.100. The topological polar surface area (TPSA) is 243 Å². The van der Waals surface area contributed by atoms with Crippen molar-refractivity contribution in [1.29, 1.82) is 0 Å². The lowest BCUT2D eigenvalue weighted by Crippen LogP contribution is -2.23. The van der Waals surface area contributed by atoms with E-state index in [1.165, 1.54) is 180 Å². The molecule has 0 radical (unpaired) electrons. The van der Waals surface area contributed by atoms with Crippen molar-refractivity contribution >= 4 is 0 Å². The van der Waals surface area contributed by atoms with Crippen molar-refractivity contribution in [2.45, 2.75) is 360 Å². The number of rotatable bonds is 72. The third-order valence-corrected chi connectivity index (χ3v) is 21.0. The number of hydrogen-bond acceptors (Lipinski definition) is 12. The van der Waals surface area contributed by atoms with Gasteiger partial charge >= 0.3 is 0 Å². The Morgan fingerprint density at radius 3 is 0.247 bits per heavy atom. The first-order valence-electron chi connectivity index (χ1n) is 36.9. The molecule has 0 saturated carbocycles.